The van der Waals surface area contributed by atoms with Gasteiger partial charge in [-0.1, -0.05) is 32.1 Å². The fourth-order valence-electron chi connectivity index (χ4n) is 4.64. The summed E-state index contributed by atoms with van der Waals surface area (Å²) in [6.45, 7) is 7.13. The summed E-state index contributed by atoms with van der Waals surface area (Å²) < 4.78 is 0. The van der Waals surface area contributed by atoms with Gasteiger partial charge in [-0.25, -0.2) is 0 Å². The van der Waals surface area contributed by atoms with Gasteiger partial charge in [-0.2, -0.15) is 0 Å². The lowest BCUT2D eigenvalue weighted by molar-refractivity contribution is 0.218. The Bertz CT molecular complexity index is 730. The molecule has 1 aromatic heterocycles. The normalized spacial score (nSPS) is 30.3. The van der Waals surface area contributed by atoms with Gasteiger partial charge in [0.05, 0.1) is 0 Å². The van der Waals surface area contributed by atoms with Gasteiger partial charge in [0, 0.05) is 40.6 Å². The lowest BCUT2D eigenvalue weighted by atomic mass is 9.69. The number of rotatable bonds is 3. The van der Waals surface area contributed by atoms with Gasteiger partial charge in [-0.05, 0) is 42.5 Å². The van der Waals surface area contributed by atoms with Crippen LogP contribution in [0.2, 0.25) is 0 Å². The number of fused-ring (bicyclic) bond motifs is 2. The van der Waals surface area contributed by atoms with Gasteiger partial charge >= 0.3 is 0 Å². The third-order valence-electron chi connectivity index (χ3n) is 5.60. The van der Waals surface area contributed by atoms with Crippen LogP contribution in [0.25, 0.3) is 17.0 Å². The maximum absolute atomic E-state index is 6.67. The molecule has 0 radical (unpaired) electrons. The van der Waals surface area contributed by atoms with Crippen LogP contribution in [0, 0.1) is 0 Å². The minimum atomic E-state index is -0.0623. The van der Waals surface area contributed by atoms with Crippen LogP contribution < -0.4 is 11.1 Å². The number of nitrogens with one attached hydrogen (secondary N) is 2. The highest BCUT2D eigenvalue weighted by Gasteiger charge is 2.41. The quantitative estimate of drug-likeness (QED) is 0.813. The van der Waals surface area contributed by atoms with Crippen LogP contribution in [0.1, 0.15) is 48.9 Å². The van der Waals surface area contributed by atoms with E-state index in [2.05, 4.69) is 42.0 Å². The van der Waals surface area contributed by atoms with Crippen LogP contribution in [0.3, 0.4) is 0 Å². The molecule has 1 fully saturated rings. The fourth-order valence-corrected chi connectivity index (χ4v) is 4.64. The summed E-state index contributed by atoms with van der Waals surface area (Å²) in [4.78, 5) is 3.52. The average Bonchev–Trinajstić information content (AvgIpc) is 2.88. The second-order valence-electron chi connectivity index (χ2n) is 7.11. The van der Waals surface area contributed by atoms with E-state index >= 15 is 0 Å². The first-order valence-corrected chi connectivity index (χ1v) is 8.43. The molecule has 2 aliphatic rings. The molecule has 2 heterocycles. The molecule has 2 aromatic rings. The van der Waals surface area contributed by atoms with Gasteiger partial charge < -0.3 is 16.0 Å². The molecular formula is C19H25N3. The highest BCUT2D eigenvalue weighted by Crippen LogP contribution is 2.44. The molecule has 3 nitrogen and oxygen atoms in total. The van der Waals surface area contributed by atoms with E-state index in [4.69, 9.17) is 5.73 Å². The number of benzene rings is 1. The molecule has 0 unspecified atom stereocenters. The van der Waals surface area contributed by atoms with Gasteiger partial charge in [0.15, 0.2) is 0 Å². The predicted molar refractivity (Wildman–Crippen MR) is 93.1 cm³/mol. The lowest BCUT2D eigenvalue weighted by Crippen LogP contribution is -2.59. The summed E-state index contributed by atoms with van der Waals surface area (Å²) >= 11 is 0. The van der Waals surface area contributed by atoms with Crippen LogP contribution in [0.4, 0.5) is 0 Å². The maximum Gasteiger partial charge on any atom is 0.0464 e. The summed E-state index contributed by atoms with van der Waals surface area (Å²) in [6, 6.07) is 7.14. The average molecular weight is 295 g/mol. The predicted octanol–water partition coefficient (Wildman–Crippen LogP) is 3.31. The molecule has 0 saturated carbocycles. The highest BCUT2D eigenvalue weighted by molar-refractivity contribution is 5.91. The van der Waals surface area contributed by atoms with Gasteiger partial charge in [-0.15, -0.1) is 0 Å². The Labute approximate surface area is 132 Å². The molecule has 22 heavy (non-hydrogen) atoms. The Kier molecular flexibility index (Phi) is 3.17. The zero-order valence-corrected chi connectivity index (χ0v) is 13.3. The van der Waals surface area contributed by atoms with E-state index in [1.807, 2.05) is 6.08 Å². The Hall–Kier alpha value is -1.58. The van der Waals surface area contributed by atoms with Crippen LogP contribution in [-0.4, -0.2) is 23.1 Å². The molecule has 1 saturated heterocycles. The molecule has 4 N–H and O–H groups in total. The van der Waals surface area contributed by atoms with Crippen molar-refractivity contribution in [3.63, 3.8) is 0 Å². The molecule has 0 amide bonds. The third kappa shape index (κ3) is 1.96. The highest BCUT2D eigenvalue weighted by atomic mass is 15.0. The number of piperidine rings is 1. The molecule has 3 heteroatoms. The number of H-pyrrole nitrogens is 1. The molecule has 1 aromatic carbocycles. The zero-order chi connectivity index (χ0) is 15.3. The minimum Gasteiger partial charge on any atom is -0.355 e. The SMILES string of the molecule is C=Cc1[nH]c2cccc3c2c1C[C@H]1NC[C@](N)(CCC)C[C@H]31. The third-order valence-corrected chi connectivity index (χ3v) is 5.60. The standard InChI is InChI=1S/C19H25N3/c1-3-8-19(20)10-14-12-6-5-7-16-18(12)13(15(4-2)22-16)9-17(14)21-11-19/h4-7,14,17,21-22H,2-3,8-11,20H2,1H3/t14-,17-,19+/m1/s1. The number of nitrogens with two attached hydrogens (primary N) is 1. The summed E-state index contributed by atoms with van der Waals surface area (Å²) in [5, 5.41) is 5.17. The number of hydrogen-bond donors (Lipinski definition) is 3. The number of hydrogen-bond acceptors (Lipinski definition) is 2. The van der Waals surface area contributed by atoms with Crippen LogP contribution in [0.5, 0.6) is 0 Å². The van der Waals surface area contributed by atoms with Crippen molar-refractivity contribution in [1.29, 1.82) is 0 Å². The molecule has 3 atom stereocenters. The Morgan fingerprint density at radius 2 is 2.32 bits per heavy atom. The Morgan fingerprint density at radius 1 is 1.45 bits per heavy atom. The number of aromatic amines is 1. The first-order valence-electron chi connectivity index (χ1n) is 8.43. The van der Waals surface area contributed by atoms with E-state index in [1.165, 1.54) is 27.7 Å². The van der Waals surface area contributed by atoms with E-state index in [-0.39, 0.29) is 5.54 Å². The van der Waals surface area contributed by atoms with Crippen molar-refractivity contribution >= 4 is 17.0 Å². The first kappa shape index (κ1) is 14.0. The van der Waals surface area contributed by atoms with Crippen molar-refractivity contribution in [2.75, 3.05) is 6.54 Å². The largest absolute Gasteiger partial charge is 0.355 e. The van der Waals surface area contributed by atoms with Gasteiger partial charge in [0.2, 0.25) is 0 Å². The smallest absolute Gasteiger partial charge is 0.0464 e. The van der Waals surface area contributed by atoms with E-state index in [0.29, 0.717) is 12.0 Å². The van der Waals surface area contributed by atoms with Crippen molar-refractivity contribution in [2.24, 2.45) is 5.73 Å². The van der Waals surface area contributed by atoms with Crippen molar-refractivity contribution in [3.8, 4) is 0 Å². The van der Waals surface area contributed by atoms with E-state index < -0.39 is 0 Å². The fraction of sp³-hybridized carbons (Fsp3) is 0.474. The first-order chi connectivity index (χ1) is 10.6. The van der Waals surface area contributed by atoms with Crippen LogP contribution >= 0.6 is 0 Å². The van der Waals surface area contributed by atoms with Crippen molar-refractivity contribution < 1.29 is 0 Å². The summed E-state index contributed by atoms with van der Waals surface area (Å²) in [5.41, 5.74) is 11.9. The van der Waals surface area contributed by atoms with Crippen molar-refractivity contribution in [2.45, 2.75) is 50.1 Å². The van der Waals surface area contributed by atoms with Crippen molar-refractivity contribution in [1.82, 2.24) is 10.3 Å². The molecule has 4 rings (SSSR count). The maximum atomic E-state index is 6.67. The van der Waals surface area contributed by atoms with Gasteiger partial charge in [-0.3, -0.25) is 0 Å². The summed E-state index contributed by atoms with van der Waals surface area (Å²) in [5.74, 6) is 0.523. The van der Waals surface area contributed by atoms with E-state index in [9.17, 15) is 0 Å². The van der Waals surface area contributed by atoms with E-state index in [0.717, 1.165) is 32.2 Å². The number of aromatic nitrogens is 1. The molecular weight excluding hydrogens is 270 g/mol. The second-order valence-corrected chi connectivity index (χ2v) is 7.11. The van der Waals surface area contributed by atoms with Gasteiger partial charge in [0.1, 0.15) is 0 Å². The molecule has 0 bridgehead atoms. The van der Waals surface area contributed by atoms with Crippen LogP contribution in [-0.2, 0) is 6.42 Å². The van der Waals surface area contributed by atoms with Gasteiger partial charge in [0.25, 0.3) is 0 Å². The molecule has 0 spiro atoms. The summed E-state index contributed by atoms with van der Waals surface area (Å²) in [6.07, 6.45) is 6.36. The zero-order valence-electron chi connectivity index (χ0n) is 13.3. The van der Waals surface area contributed by atoms with E-state index in [1.54, 1.807) is 0 Å². The molecule has 116 valence electrons. The molecule has 1 aliphatic heterocycles. The van der Waals surface area contributed by atoms with Crippen LogP contribution in [0.15, 0.2) is 24.8 Å². The summed E-state index contributed by atoms with van der Waals surface area (Å²) in [7, 11) is 0. The Morgan fingerprint density at radius 3 is 3.09 bits per heavy atom. The Balaban J connectivity index is 1.83. The molecule has 1 aliphatic carbocycles. The minimum absolute atomic E-state index is 0.0623. The monoisotopic (exact) mass is 295 g/mol. The topological polar surface area (TPSA) is 53.8 Å². The lowest BCUT2D eigenvalue weighted by Gasteiger charge is -2.45. The second kappa shape index (κ2) is 4.97. The van der Waals surface area contributed by atoms with Crippen molar-refractivity contribution in [3.05, 3.63) is 41.6 Å².